The minimum Gasteiger partial charge on any atom is -0.221 e. The summed E-state index contributed by atoms with van der Waals surface area (Å²) in [6.07, 6.45) is 0. The average Bonchev–Trinajstić information content (AvgIpc) is 2.77. The van der Waals surface area contributed by atoms with Gasteiger partial charge >= 0.3 is 0 Å². The number of rotatable bonds is 2. The summed E-state index contributed by atoms with van der Waals surface area (Å²) in [6.45, 7) is 3.78. The number of hydrogen-bond acceptors (Lipinski definition) is 1. The summed E-state index contributed by atoms with van der Waals surface area (Å²) < 4.78 is 14.9. The summed E-state index contributed by atoms with van der Waals surface area (Å²) in [5.41, 5.74) is 4.33. The highest BCUT2D eigenvalue weighted by molar-refractivity contribution is 6.31. The van der Waals surface area contributed by atoms with E-state index in [0.717, 1.165) is 28.1 Å². The van der Waals surface area contributed by atoms with Gasteiger partial charge in [-0.15, -0.1) is 0 Å². The van der Waals surface area contributed by atoms with E-state index in [1.165, 1.54) is 12.1 Å². The highest BCUT2D eigenvalue weighted by Gasteiger charge is 2.16. The van der Waals surface area contributed by atoms with Gasteiger partial charge in [-0.05, 0) is 37.6 Å². The Hall–Kier alpha value is -2.13. The van der Waals surface area contributed by atoms with Gasteiger partial charge in [-0.1, -0.05) is 41.9 Å². The van der Waals surface area contributed by atoms with E-state index < -0.39 is 0 Å². The Balaban J connectivity index is 2.17. The molecular weight excluding hydrogens is 287 g/mol. The fourth-order valence-electron chi connectivity index (χ4n) is 2.36. The first-order valence-electron chi connectivity index (χ1n) is 6.65. The molecule has 0 unspecified atom stereocenters. The third-order valence-corrected chi connectivity index (χ3v) is 3.93. The van der Waals surface area contributed by atoms with Gasteiger partial charge in [-0.2, -0.15) is 5.10 Å². The average molecular weight is 301 g/mol. The lowest BCUT2D eigenvalue weighted by Crippen LogP contribution is -2.00. The van der Waals surface area contributed by atoms with Gasteiger partial charge in [0, 0.05) is 11.1 Å². The van der Waals surface area contributed by atoms with Gasteiger partial charge in [0.05, 0.1) is 11.4 Å². The molecule has 0 aliphatic rings. The summed E-state index contributed by atoms with van der Waals surface area (Å²) in [5, 5.41) is 5.15. The van der Waals surface area contributed by atoms with Crippen molar-refractivity contribution in [3.63, 3.8) is 0 Å². The van der Waals surface area contributed by atoms with Crippen LogP contribution in [0.3, 0.4) is 0 Å². The maximum absolute atomic E-state index is 13.3. The van der Waals surface area contributed by atoms with E-state index in [1.54, 1.807) is 10.7 Å². The van der Waals surface area contributed by atoms with Crippen molar-refractivity contribution in [2.75, 3.05) is 0 Å². The molecular formula is C17H14ClFN2. The van der Waals surface area contributed by atoms with Crippen molar-refractivity contribution >= 4 is 11.6 Å². The van der Waals surface area contributed by atoms with Crippen molar-refractivity contribution in [1.29, 1.82) is 0 Å². The van der Waals surface area contributed by atoms with E-state index in [4.69, 9.17) is 11.6 Å². The standard InChI is InChI=1S/C17H14ClFN2/c1-11-10-14(19)8-9-15(11)21-17(18)12(2)16(20-21)13-6-4-3-5-7-13/h3-10H,1-2H3. The zero-order valence-corrected chi connectivity index (χ0v) is 12.5. The van der Waals surface area contributed by atoms with Crippen LogP contribution >= 0.6 is 11.6 Å². The molecule has 4 heteroatoms. The zero-order chi connectivity index (χ0) is 15.0. The maximum atomic E-state index is 13.3. The van der Waals surface area contributed by atoms with Crippen LogP contribution in [0.2, 0.25) is 5.15 Å². The molecule has 1 aromatic heterocycles. The van der Waals surface area contributed by atoms with Crippen LogP contribution in [-0.4, -0.2) is 9.78 Å². The molecule has 3 aromatic rings. The van der Waals surface area contributed by atoms with Crippen LogP contribution in [0.1, 0.15) is 11.1 Å². The van der Waals surface area contributed by atoms with Gasteiger partial charge in [0.15, 0.2) is 0 Å². The number of hydrogen-bond donors (Lipinski definition) is 0. The second-order valence-electron chi connectivity index (χ2n) is 4.97. The van der Waals surface area contributed by atoms with Crippen molar-refractivity contribution in [3.05, 3.63) is 70.6 Å². The van der Waals surface area contributed by atoms with E-state index in [9.17, 15) is 4.39 Å². The molecule has 2 nitrogen and oxygen atoms in total. The molecule has 3 rings (SSSR count). The summed E-state index contributed by atoms with van der Waals surface area (Å²) in [5.74, 6) is -0.264. The van der Waals surface area contributed by atoms with Gasteiger partial charge in [0.2, 0.25) is 0 Å². The minimum absolute atomic E-state index is 0.264. The molecule has 0 aliphatic heterocycles. The molecule has 106 valence electrons. The summed E-state index contributed by atoms with van der Waals surface area (Å²) in [6, 6.07) is 14.5. The topological polar surface area (TPSA) is 17.8 Å². The quantitative estimate of drug-likeness (QED) is 0.655. The van der Waals surface area contributed by atoms with Crippen LogP contribution in [0.25, 0.3) is 16.9 Å². The first-order valence-corrected chi connectivity index (χ1v) is 7.03. The minimum atomic E-state index is -0.264. The molecule has 0 atom stereocenters. The molecule has 0 saturated carbocycles. The molecule has 0 saturated heterocycles. The number of halogens is 2. The van der Waals surface area contributed by atoms with E-state index in [0.29, 0.717) is 5.15 Å². The number of benzene rings is 2. The molecule has 2 aromatic carbocycles. The van der Waals surface area contributed by atoms with E-state index in [-0.39, 0.29) is 5.82 Å². The summed E-state index contributed by atoms with van der Waals surface area (Å²) in [4.78, 5) is 0. The lowest BCUT2D eigenvalue weighted by molar-refractivity contribution is 0.625. The van der Waals surface area contributed by atoms with Crippen LogP contribution < -0.4 is 0 Å². The van der Waals surface area contributed by atoms with Crippen molar-refractivity contribution in [3.8, 4) is 16.9 Å². The Morgan fingerprint density at radius 3 is 2.43 bits per heavy atom. The normalized spacial score (nSPS) is 10.9. The van der Waals surface area contributed by atoms with E-state index in [2.05, 4.69) is 5.10 Å². The van der Waals surface area contributed by atoms with Crippen molar-refractivity contribution in [1.82, 2.24) is 9.78 Å². The Kier molecular flexibility index (Phi) is 3.52. The lowest BCUT2D eigenvalue weighted by Gasteiger charge is -2.07. The predicted octanol–water partition coefficient (Wildman–Crippen LogP) is 4.95. The van der Waals surface area contributed by atoms with Crippen LogP contribution in [0.15, 0.2) is 48.5 Å². The SMILES string of the molecule is Cc1cc(F)ccc1-n1nc(-c2ccccc2)c(C)c1Cl. The first kappa shape index (κ1) is 13.8. The number of nitrogens with zero attached hydrogens (tertiary/aromatic N) is 2. The van der Waals surface area contributed by atoms with Gasteiger partial charge in [-0.25, -0.2) is 9.07 Å². The number of aryl methyl sites for hydroxylation is 1. The lowest BCUT2D eigenvalue weighted by atomic mass is 10.1. The smallest absolute Gasteiger partial charge is 0.136 e. The van der Waals surface area contributed by atoms with Crippen molar-refractivity contribution in [2.24, 2.45) is 0 Å². The fraction of sp³-hybridized carbons (Fsp3) is 0.118. The van der Waals surface area contributed by atoms with Gasteiger partial charge in [0.25, 0.3) is 0 Å². The molecule has 0 fully saturated rings. The monoisotopic (exact) mass is 300 g/mol. The van der Waals surface area contributed by atoms with Gasteiger partial charge in [0.1, 0.15) is 11.0 Å². The van der Waals surface area contributed by atoms with Crippen molar-refractivity contribution in [2.45, 2.75) is 13.8 Å². The third kappa shape index (κ3) is 2.45. The van der Waals surface area contributed by atoms with E-state index in [1.807, 2.05) is 44.2 Å². The molecule has 1 heterocycles. The van der Waals surface area contributed by atoms with Gasteiger partial charge < -0.3 is 0 Å². The highest BCUT2D eigenvalue weighted by atomic mass is 35.5. The molecule has 21 heavy (non-hydrogen) atoms. The molecule has 0 amide bonds. The Labute approximate surface area is 127 Å². The Morgan fingerprint density at radius 2 is 1.76 bits per heavy atom. The largest absolute Gasteiger partial charge is 0.221 e. The predicted molar refractivity (Wildman–Crippen MR) is 83.4 cm³/mol. The molecule has 0 bridgehead atoms. The van der Waals surface area contributed by atoms with Gasteiger partial charge in [-0.3, -0.25) is 0 Å². The number of aromatic nitrogens is 2. The third-order valence-electron chi connectivity index (χ3n) is 3.48. The van der Waals surface area contributed by atoms with Crippen LogP contribution in [0, 0.1) is 19.7 Å². The Morgan fingerprint density at radius 1 is 1.05 bits per heavy atom. The van der Waals surface area contributed by atoms with E-state index >= 15 is 0 Å². The summed E-state index contributed by atoms with van der Waals surface area (Å²) in [7, 11) is 0. The summed E-state index contributed by atoms with van der Waals surface area (Å²) >= 11 is 6.42. The first-order chi connectivity index (χ1) is 10.1. The highest BCUT2D eigenvalue weighted by Crippen LogP contribution is 2.30. The van der Waals surface area contributed by atoms with Crippen LogP contribution in [0.4, 0.5) is 4.39 Å². The van der Waals surface area contributed by atoms with Crippen LogP contribution in [-0.2, 0) is 0 Å². The van der Waals surface area contributed by atoms with Crippen molar-refractivity contribution < 1.29 is 4.39 Å². The maximum Gasteiger partial charge on any atom is 0.136 e. The van der Waals surface area contributed by atoms with Crippen LogP contribution in [0.5, 0.6) is 0 Å². The Bertz CT molecular complexity index is 794. The molecule has 0 spiro atoms. The fourth-order valence-corrected chi connectivity index (χ4v) is 2.58. The molecule has 0 aliphatic carbocycles. The second-order valence-corrected chi connectivity index (χ2v) is 5.33. The molecule has 0 N–H and O–H groups in total. The molecule has 0 radical (unpaired) electrons. The zero-order valence-electron chi connectivity index (χ0n) is 11.8. The second kappa shape index (κ2) is 5.34.